The van der Waals surface area contributed by atoms with Gasteiger partial charge in [-0.3, -0.25) is 9.21 Å². The highest BCUT2D eigenvalue weighted by Gasteiger charge is 2.37. The maximum atomic E-state index is 14.0. The Kier molecular flexibility index (Phi) is 5.93. The molecule has 0 aliphatic carbocycles. The van der Waals surface area contributed by atoms with Crippen LogP contribution in [0.25, 0.3) is 5.69 Å². The summed E-state index contributed by atoms with van der Waals surface area (Å²) in [6.45, 7) is 11.2. The molecule has 34 heavy (non-hydrogen) atoms. The fraction of sp³-hybridized carbons (Fsp3) is 0.360. The molecule has 0 bridgehead atoms. The number of sulfonamides is 1. The number of carbonyl (C=O) groups is 1. The molecular formula is C25H30N4O4S. The molecule has 0 radical (unpaired) electrons. The number of amides is 1. The number of carbonyl (C=O) groups excluding carboxylic acids is 1. The lowest BCUT2D eigenvalue weighted by Gasteiger charge is -2.38. The highest BCUT2D eigenvalue weighted by atomic mass is 32.2. The molecule has 0 saturated carbocycles. The molecule has 0 unspecified atom stereocenters. The van der Waals surface area contributed by atoms with E-state index < -0.39 is 21.7 Å². The van der Waals surface area contributed by atoms with Gasteiger partial charge in [0.2, 0.25) is 0 Å². The Morgan fingerprint density at radius 1 is 1.03 bits per heavy atom. The summed E-state index contributed by atoms with van der Waals surface area (Å²) in [6, 6.07) is 10.8. The van der Waals surface area contributed by atoms with E-state index in [1.807, 2.05) is 38.2 Å². The van der Waals surface area contributed by atoms with E-state index in [1.165, 1.54) is 9.21 Å². The first-order valence-electron chi connectivity index (χ1n) is 11.1. The number of aryl methyl sites for hydroxylation is 3. The number of fused-ring (bicyclic) bond motifs is 1. The standard InChI is InChI=1S/C25H30N4O4S/c1-17-10-11-20(27-15-19(3)26-16-27)14-22(17)34(31,32)29-13-12-28(24(30)33-25(4,5)6)21-9-7-8-18(2)23(21)29/h7-11,14-16H,12-13H2,1-6H3. The zero-order valence-corrected chi connectivity index (χ0v) is 21.2. The van der Waals surface area contributed by atoms with Crippen molar-refractivity contribution in [2.45, 2.75) is 52.0 Å². The van der Waals surface area contributed by atoms with E-state index in [-0.39, 0.29) is 18.0 Å². The average Bonchev–Trinajstić information content (AvgIpc) is 3.18. The van der Waals surface area contributed by atoms with Crippen LogP contribution in [0.4, 0.5) is 16.2 Å². The highest BCUT2D eigenvalue weighted by molar-refractivity contribution is 7.93. The molecule has 0 fully saturated rings. The Morgan fingerprint density at radius 3 is 2.41 bits per heavy atom. The Labute approximate surface area is 200 Å². The summed E-state index contributed by atoms with van der Waals surface area (Å²) in [5, 5.41) is 0. The lowest BCUT2D eigenvalue weighted by Crippen LogP contribution is -2.48. The van der Waals surface area contributed by atoms with Crippen LogP contribution < -0.4 is 9.21 Å². The Hall–Kier alpha value is -3.33. The summed E-state index contributed by atoms with van der Waals surface area (Å²) in [5.74, 6) is 0. The summed E-state index contributed by atoms with van der Waals surface area (Å²) in [5.41, 5.74) is 3.30. The van der Waals surface area contributed by atoms with Gasteiger partial charge in [0, 0.05) is 18.4 Å². The van der Waals surface area contributed by atoms with E-state index in [0.717, 1.165) is 11.3 Å². The van der Waals surface area contributed by atoms with Gasteiger partial charge in [-0.05, 0) is 70.9 Å². The number of benzene rings is 2. The summed E-state index contributed by atoms with van der Waals surface area (Å²) < 4.78 is 36.7. The van der Waals surface area contributed by atoms with E-state index in [1.54, 1.807) is 56.8 Å². The van der Waals surface area contributed by atoms with Crippen molar-refractivity contribution in [3.63, 3.8) is 0 Å². The largest absolute Gasteiger partial charge is 0.443 e. The van der Waals surface area contributed by atoms with Crippen molar-refractivity contribution < 1.29 is 17.9 Å². The number of imidazole rings is 1. The maximum absolute atomic E-state index is 14.0. The van der Waals surface area contributed by atoms with Crippen molar-refractivity contribution in [1.29, 1.82) is 0 Å². The van der Waals surface area contributed by atoms with E-state index in [4.69, 9.17) is 4.74 Å². The number of nitrogens with zero attached hydrogens (tertiary/aromatic N) is 4. The van der Waals surface area contributed by atoms with Gasteiger partial charge in [-0.25, -0.2) is 18.2 Å². The molecule has 1 amide bonds. The first-order valence-corrected chi connectivity index (χ1v) is 12.6. The molecule has 9 heteroatoms. The van der Waals surface area contributed by atoms with Gasteiger partial charge < -0.3 is 9.30 Å². The summed E-state index contributed by atoms with van der Waals surface area (Å²) >= 11 is 0. The number of ether oxygens (including phenoxy) is 1. The van der Waals surface area contributed by atoms with Crippen LogP contribution in [0, 0.1) is 20.8 Å². The number of aromatic nitrogens is 2. The van der Waals surface area contributed by atoms with Gasteiger partial charge in [-0.2, -0.15) is 0 Å². The Bertz CT molecular complexity index is 1360. The van der Waals surface area contributed by atoms with E-state index in [2.05, 4.69) is 4.98 Å². The second-order valence-electron chi connectivity index (χ2n) is 9.52. The zero-order chi connectivity index (χ0) is 24.8. The van der Waals surface area contributed by atoms with Crippen LogP contribution in [0.15, 0.2) is 53.8 Å². The van der Waals surface area contributed by atoms with Crippen LogP contribution in [0.2, 0.25) is 0 Å². The molecule has 1 aromatic heterocycles. The predicted molar refractivity (Wildman–Crippen MR) is 132 cm³/mol. The number of anilines is 2. The quantitative estimate of drug-likeness (QED) is 0.538. The number of para-hydroxylation sites is 1. The van der Waals surface area contributed by atoms with Crippen LogP contribution in [0.3, 0.4) is 0 Å². The SMILES string of the molecule is Cc1cn(-c2ccc(C)c(S(=O)(=O)N3CCN(C(=O)OC(C)(C)C)c4cccc(C)c43)c2)cn1. The van der Waals surface area contributed by atoms with E-state index >= 15 is 0 Å². The molecule has 180 valence electrons. The van der Waals surface area contributed by atoms with Crippen molar-refractivity contribution in [2.75, 3.05) is 22.3 Å². The third-order valence-corrected chi connectivity index (χ3v) is 7.59. The number of hydrogen-bond acceptors (Lipinski definition) is 5. The van der Waals surface area contributed by atoms with Gasteiger partial charge in [-0.15, -0.1) is 0 Å². The van der Waals surface area contributed by atoms with Crippen LogP contribution in [0.5, 0.6) is 0 Å². The Balaban J connectivity index is 1.79. The van der Waals surface area contributed by atoms with Gasteiger partial charge in [0.1, 0.15) is 5.60 Å². The summed E-state index contributed by atoms with van der Waals surface area (Å²) in [7, 11) is -3.92. The average molecular weight is 483 g/mol. The molecule has 0 N–H and O–H groups in total. The van der Waals surface area contributed by atoms with E-state index in [9.17, 15) is 13.2 Å². The van der Waals surface area contributed by atoms with Gasteiger partial charge in [-0.1, -0.05) is 18.2 Å². The first kappa shape index (κ1) is 23.8. The van der Waals surface area contributed by atoms with Gasteiger partial charge in [0.05, 0.1) is 34.8 Å². The van der Waals surface area contributed by atoms with Crippen LogP contribution in [0.1, 0.15) is 37.6 Å². The van der Waals surface area contributed by atoms with Gasteiger partial charge >= 0.3 is 6.09 Å². The van der Waals surface area contributed by atoms with Crippen molar-refractivity contribution in [2.24, 2.45) is 0 Å². The molecule has 2 heterocycles. The van der Waals surface area contributed by atoms with Crippen LogP contribution in [-0.4, -0.2) is 42.8 Å². The minimum atomic E-state index is -3.92. The number of rotatable bonds is 3. The monoisotopic (exact) mass is 482 g/mol. The molecule has 8 nitrogen and oxygen atoms in total. The molecule has 1 aliphatic rings. The zero-order valence-electron chi connectivity index (χ0n) is 20.4. The smallest absolute Gasteiger partial charge is 0.414 e. The Morgan fingerprint density at radius 2 is 1.76 bits per heavy atom. The molecule has 0 saturated heterocycles. The molecule has 3 aromatic rings. The van der Waals surface area contributed by atoms with Crippen molar-refractivity contribution in [3.05, 3.63) is 65.7 Å². The van der Waals surface area contributed by atoms with Gasteiger partial charge in [0.25, 0.3) is 10.0 Å². The van der Waals surface area contributed by atoms with Crippen molar-refractivity contribution in [1.82, 2.24) is 9.55 Å². The lowest BCUT2D eigenvalue weighted by atomic mass is 10.1. The van der Waals surface area contributed by atoms with Crippen LogP contribution >= 0.6 is 0 Å². The molecular weight excluding hydrogens is 452 g/mol. The van der Waals surface area contributed by atoms with Crippen LogP contribution in [-0.2, 0) is 14.8 Å². The summed E-state index contributed by atoms with van der Waals surface area (Å²) in [6.07, 6.45) is 3.01. The minimum absolute atomic E-state index is 0.118. The molecule has 0 atom stereocenters. The molecule has 1 aliphatic heterocycles. The lowest BCUT2D eigenvalue weighted by molar-refractivity contribution is 0.0580. The predicted octanol–water partition coefficient (Wildman–Crippen LogP) is 4.75. The van der Waals surface area contributed by atoms with Crippen molar-refractivity contribution >= 4 is 27.5 Å². The number of hydrogen-bond donors (Lipinski definition) is 0. The second kappa shape index (κ2) is 8.47. The normalized spacial score (nSPS) is 14.2. The fourth-order valence-electron chi connectivity index (χ4n) is 4.06. The molecule has 0 spiro atoms. The molecule has 2 aromatic carbocycles. The second-order valence-corrected chi connectivity index (χ2v) is 11.4. The molecule has 4 rings (SSSR count). The van der Waals surface area contributed by atoms with Gasteiger partial charge in [0.15, 0.2) is 0 Å². The minimum Gasteiger partial charge on any atom is -0.443 e. The fourth-order valence-corrected chi connectivity index (χ4v) is 5.85. The topological polar surface area (TPSA) is 84.7 Å². The highest BCUT2D eigenvalue weighted by Crippen LogP contribution is 2.40. The van der Waals surface area contributed by atoms with Crippen molar-refractivity contribution in [3.8, 4) is 5.69 Å². The van der Waals surface area contributed by atoms with E-state index in [0.29, 0.717) is 22.6 Å². The third-order valence-electron chi connectivity index (χ3n) is 5.65. The summed E-state index contributed by atoms with van der Waals surface area (Å²) in [4.78, 5) is 18.9. The third kappa shape index (κ3) is 4.40. The first-order chi connectivity index (χ1) is 15.9. The maximum Gasteiger partial charge on any atom is 0.414 e.